The molecule has 0 aliphatic carbocycles. The van der Waals surface area contributed by atoms with Crippen LogP contribution in [0.2, 0.25) is 0 Å². The molecule has 7 heteroatoms. The number of hydrogen-bond acceptors (Lipinski definition) is 6. The number of ether oxygens (including phenoxy) is 1. The smallest absolute Gasteiger partial charge is 0.347 e. The lowest BCUT2D eigenvalue weighted by Gasteiger charge is -2.39. The van der Waals surface area contributed by atoms with Crippen molar-refractivity contribution in [3.05, 3.63) is 15.6 Å². The van der Waals surface area contributed by atoms with E-state index in [0.29, 0.717) is 5.69 Å². The molecule has 1 aliphatic rings. The van der Waals surface area contributed by atoms with Crippen molar-refractivity contribution in [1.29, 1.82) is 0 Å². The normalized spacial score (nSPS) is 17.4. The molecule has 0 aromatic carbocycles. The zero-order chi connectivity index (χ0) is 14.8. The van der Waals surface area contributed by atoms with E-state index in [1.54, 1.807) is 7.11 Å². The second-order valence-corrected chi connectivity index (χ2v) is 6.33. The average molecular weight is 299 g/mol. The van der Waals surface area contributed by atoms with Gasteiger partial charge in [-0.2, -0.15) is 0 Å². The van der Waals surface area contributed by atoms with E-state index >= 15 is 0 Å². The van der Waals surface area contributed by atoms with E-state index in [2.05, 4.69) is 29.0 Å². The average Bonchev–Trinajstić information content (AvgIpc) is 2.85. The van der Waals surface area contributed by atoms with Gasteiger partial charge in [0.1, 0.15) is 9.88 Å². The minimum Gasteiger partial charge on any atom is -0.477 e. The van der Waals surface area contributed by atoms with Gasteiger partial charge in [-0.25, -0.2) is 9.78 Å². The number of nitrogens with one attached hydrogen (secondary N) is 1. The van der Waals surface area contributed by atoms with Crippen LogP contribution in [0.3, 0.4) is 0 Å². The number of methoxy groups -OCH3 is 1. The van der Waals surface area contributed by atoms with Gasteiger partial charge in [0.25, 0.3) is 0 Å². The molecule has 1 fully saturated rings. The van der Waals surface area contributed by atoms with Crippen molar-refractivity contribution in [3.8, 4) is 0 Å². The van der Waals surface area contributed by atoms with Gasteiger partial charge in [0.15, 0.2) is 0 Å². The van der Waals surface area contributed by atoms with Crippen LogP contribution in [0.5, 0.6) is 0 Å². The maximum absolute atomic E-state index is 11.3. The number of carboxylic acids is 1. The first kappa shape index (κ1) is 15.4. The van der Waals surface area contributed by atoms with Crippen LogP contribution >= 0.6 is 11.3 Å². The van der Waals surface area contributed by atoms with E-state index in [4.69, 9.17) is 4.74 Å². The fraction of sp³-hybridized carbons (Fsp3) is 0.692. The molecule has 0 amide bonds. The first-order valence-electron chi connectivity index (χ1n) is 6.65. The van der Waals surface area contributed by atoms with E-state index in [-0.39, 0.29) is 17.0 Å². The molecule has 0 spiro atoms. The first-order valence-corrected chi connectivity index (χ1v) is 7.46. The summed E-state index contributed by atoms with van der Waals surface area (Å²) in [7, 11) is 1.55. The Balaban J connectivity index is 2.30. The lowest BCUT2D eigenvalue weighted by atomic mass is 10.0. The Morgan fingerprint density at radius 1 is 1.50 bits per heavy atom. The van der Waals surface area contributed by atoms with E-state index in [0.717, 1.165) is 31.2 Å². The number of aromatic nitrogens is 1. The number of nitrogens with zero attached hydrogens (tertiary/aromatic N) is 2. The summed E-state index contributed by atoms with van der Waals surface area (Å²) in [5.41, 5.74) is 0.256. The predicted octanol–water partition coefficient (Wildman–Crippen LogP) is 1.13. The van der Waals surface area contributed by atoms with Gasteiger partial charge in [-0.1, -0.05) is 0 Å². The summed E-state index contributed by atoms with van der Waals surface area (Å²) in [5, 5.41) is 13.4. The molecule has 1 aromatic rings. The fourth-order valence-corrected chi connectivity index (χ4v) is 3.41. The quantitative estimate of drug-likeness (QED) is 0.849. The highest BCUT2D eigenvalue weighted by atomic mass is 32.1. The lowest BCUT2D eigenvalue weighted by Crippen LogP contribution is -2.51. The molecule has 6 nitrogen and oxygen atoms in total. The third-order valence-electron chi connectivity index (χ3n) is 3.60. The molecule has 1 aromatic heterocycles. The van der Waals surface area contributed by atoms with Gasteiger partial charge in [0.2, 0.25) is 0 Å². The van der Waals surface area contributed by atoms with Gasteiger partial charge in [0.05, 0.1) is 17.8 Å². The summed E-state index contributed by atoms with van der Waals surface area (Å²) in [6, 6.07) is 0. The number of carbonyl (C=O) groups is 1. The van der Waals surface area contributed by atoms with Gasteiger partial charge in [-0.15, -0.1) is 11.3 Å². The standard InChI is InChI=1S/C13H21N3O3S/c1-13(2,16-6-4-14-5-7-16)12-15-9(8-19-3)10(20-12)11(17)18/h14H,4-8H2,1-3H3,(H,17,18). The monoisotopic (exact) mass is 299 g/mol. The van der Waals surface area contributed by atoms with Crippen LogP contribution in [0.25, 0.3) is 0 Å². The van der Waals surface area contributed by atoms with Crippen LogP contribution in [0, 0.1) is 0 Å². The summed E-state index contributed by atoms with van der Waals surface area (Å²) in [6.07, 6.45) is 0. The largest absolute Gasteiger partial charge is 0.477 e. The van der Waals surface area contributed by atoms with Gasteiger partial charge >= 0.3 is 5.97 Å². The highest BCUT2D eigenvalue weighted by molar-refractivity contribution is 7.13. The topological polar surface area (TPSA) is 74.7 Å². The zero-order valence-corrected chi connectivity index (χ0v) is 12.9. The van der Waals surface area contributed by atoms with Crippen molar-refractivity contribution >= 4 is 17.3 Å². The highest BCUT2D eigenvalue weighted by Crippen LogP contribution is 2.33. The van der Waals surface area contributed by atoms with E-state index < -0.39 is 5.97 Å². The van der Waals surface area contributed by atoms with Crippen molar-refractivity contribution in [3.63, 3.8) is 0 Å². The maximum atomic E-state index is 11.3. The molecule has 1 saturated heterocycles. The summed E-state index contributed by atoms with van der Waals surface area (Å²) in [4.78, 5) is 18.4. The summed E-state index contributed by atoms with van der Waals surface area (Å²) >= 11 is 1.26. The van der Waals surface area contributed by atoms with Crippen LogP contribution in [0.4, 0.5) is 0 Å². The Morgan fingerprint density at radius 3 is 2.70 bits per heavy atom. The number of thiazole rings is 1. The molecule has 2 heterocycles. The number of hydrogen-bond donors (Lipinski definition) is 2. The molecule has 0 radical (unpaired) electrons. The molecule has 0 saturated carbocycles. The molecule has 0 atom stereocenters. The summed E-state index contributed by atoms with van der Waals surface area (Å²) in [6.45, 7) is 8.20. The molecular formula is C13H21N3O3S. The third kappa shape index (κ3) is 3.01. The van der Waals surface area contributed by atoms with Gasteiger partial charge in [0, 0.05) is 33.3 Å². The van der Waals surface area contributed by atoms with E-state index in [1.807, 2.05) is 0 Å². The van der Waals surface area contributed by atoms with Crippen molar-refractivity contribution < 1.29 is 14.6 Å². The van der Waals surface area contributed by atoms with Crippen molar-refractivity contribution in [2.45, 2.75) is 26.0 Å². The predicted molar refractivity (Wildman–Crippen MR) is 77.3 cm³/mol. The van der Waals surface area contributed by atoms with Crippen molar-refractivity contribution in [1.82, 2.24) is 15.2 Å². The van der Waals surface area contributed by atoms with Crippen LogP contribution in [0.15, 0.2) is 0 Å². The van der Waals surface area contributed by atoms with E-state index in [1.165, 1.54) is 11.3 Å². The minimum absolute atomic E-state index is 0.232. The zero-order valence-electron chi connectivity index (χ0n) is 12.1. The van der Waals surface area contributed by atoms with Crippen LogP contribution in [-0.4, -0.2) is 54.2 Å². The van der Waals surface area contributed by atoms with Gasteiger partial charge in [-0.3, -0.25) is 4.90 Å². The lowest BCUT2D eigenvalue weighted by molar-refractivity contribution is 0.0697. The fourth-order valence-electron chi connectivity index (χ4n) is 2.37. The number of piperazine rings is 1. The highest BCUT2D eigenvalue weighted by Gasteiger charge is 2.34. The molecule has 112 valence electrons. The molecule has 0 unspecified atom stereocenters. The van der Waals surface area contributed by atoms with Gasteiger partial charge < -0.3 is 15.2 Å². The Labute approximate surface area is 122 Å². The van der Waals surface area contributed by atoms with Crippen molar-refractivity contribution in [2.24, 2.45) is 0 Å². The van der Waals surface area contributed by atoms with Crippen LogP contribution in [0.1, 0.15) is 34.2 Å². The Morgan fingerprint density at radius 2 is 2.15 bits per heavy atom. The Hall–Kier alpha value is -1.02. The SMILES string of the molecule is COCc1nc(C(C)(C)N2CCNCC2)sc1C(=O)O. The molecular weight excluding hydrogens is 278 g/mol. The second kappa shape index (κ2) is 6.17. The maximum Gasteiger partial charge on any atom is 0.347 e. The van der Waals surface area contributed by atoms with Crippen LogP contribution < -0.4 is 5.32 Å². The molecule has 20 heavy (non-hydrogen) atoms. The first-order chi connectivity index (χ1) is 9.46. The number of rotatable bonds is 5. The summed E-state index contributed by atoms with van der Waals surface area (Å²) < 4.78 is 5.05. The second-order valence-electron chi connectivity index (χ2n) is 5.33. The number of aromatic carboxylic acids is 1. The number of carboxylic acid groups (broad SMARTS) is 1. The Kier molecular flexibility index (Phi) is 4.74. The third-order valence-corrected chi connectivity index (χ3v) is 5.00. The molecule has 2 N–H and O–H groups in total. The van der Waals surface area contributed by atoms with E-state index in [9.17, 15) is 9.90 Å². The molecule has 2 rings (SSSR count). The van der Waals surface area contributed by atoms with Crippen molar-refractivity contribution in [2.75, 3.05) is 33.3 Å². The van der Waals surface area contributed by atoms with Gasteiger partial charge in [-0.05, 0) is 13.8 Å². The van der Waals surface area contributed by atoms with Crippen LogP contribution in [-0.2, 0) is 16.9 Å². The minimum atomic E-state index is -0.933. The summed E-state index contributed by atoms with van der Waals surface area (Å²) in [5.74, 6) is -0.933. The Bertz CT molecular complexity index is 481. The molecule has 1 aliphatic heterocycles. The molecule has 0 bridgehead atoms.